The van der Waals surface area contributed by atoms with Crippen molar-refractivity contribution in [3.63, 3.8) is 0 Å². The molecule has 0 heterocycles. The second-order valence-electron chi connectivity index (χ2n) is 3.85. The third kappa shape index (κ3) is 6.32. The van der Waals surface area contributed by atoms with E-state index in [0.29, 0.717) is 5.92 Å². The maximum absolute atomic E-state index is 10.3. The van der Waals surface area contributed by atoms with Crippen LogP contribution in [0.2, 0.25) is 0 Å². The zero-order valence-corrected chi connectivity index (χ0v) is 9.13. The average Bonchev–Trinajstić information content (AvgIpc) is 2.02. The number of carbonyl (C=O) groups is 1. The highest BCUT2D eigenvalue weighted by atomic mass is 16.1. The van der Waals surface area contributed by atoms with Crippen molar-refractivity contribution in [2.45, 2.75) is 40.5 Å². The number of hydrogen-bond donors (Lipinski definition) is 0. The Kier molecular flexibility index (Phi) is 6.21. The Hall–Kier alpha value is -0.850. The summed E-state index contributed by atoms with van der Waals surface area (Å²) in [5, 5.41) is 0. The lowest BCUT2D eigenvalue weighted by molar-refractivity contribution is -0.104. The number of hydrogen-bond acceptors (Lipinski definition) is 1. The summed E-state index contributed by atoms with van der Waals surface area (Å²) in [6.45, 7) is 8.44. The van der Waals surface area contributed by atoms with E-state index in [4.69, 9.17) is 0 Å². The molecule has 0 amide bonds. The molecule has 1 nitrogen and oxygen atoms in total. The van der Waals surface area contributed by atoms with Gasteiger partial charge in [0.1, 0.15) is 6.29 Å². The van der Waals surface area contributed by atoms with Crippen LogP contribution in [-0.4, -0.2) is 6.29 Å². The molecule has 0 saturated heterocycles. The number of aldehydes is 1. The molecular weight excluding hydrogens is 160 g/mol. The van der Waals surface area contributed by atoms with Gasteiger partial charge in [-0.3, -0.25) is 4.79 Å². The van der Waals surface area contributed by atoms with Crippen molar-refractivity contribution >= 4 is 6.29 Å². The zero-order valence-electron chi connectivity index (χ0n) is 9.13. The molecule has 0 radical (unpaired) electrons. The van der Waals surface area contributed by atoms with E-state index in [0.717, 1.165) is 19.1 Å². The van der Waals surface area contributed by atoms with E-state index in [1.807, 2.05) is 0 Å². The molecule has 0 atom stereocenters. The number of carbonyl (C=O) groups excluding carboxylic acids is 1. The van der Waals surface area contributed by atoms with Gasteiger partial charge in [0.05, 0.1) is 0 Å². The van der Waals surface area contributed by atoms with Crippen LogP contribution in [0.25, 0.3) is 0 Å². The lowest BCUT2D eigenvalue weighted by Gasteiger charge is -2.08. The summed E-state index contributed by atoms with van der Waals surface area (Å²) in [6, 6.07) is 0. The zero-order chi connectivity index (χ0) is 10.3. The third-order valence-corrected chi connectivity index (χ3v) is 2.01. The lowest BCUT2D eigenvalue weighted by atomic mass is 9.98. The molecule has 13 heavy (non-hydrogen) atoms. The van der Waals surface area contributed by atoms with Crippen LogP contribution in [0.5, 0.6) is 0 Å². The molecule has 0 aromatic heterocycles. The molecule has 0 rings (SSSR count). The monoisotopic (exact) mass is 180 g/mol. The molecular formula is C12H20O. The van der Waals surface area contributed by atoms with Gasteiger partial charge in [0.25, 0.3) is 0 Å². The minimum absolute atomic E-state index is 0.482. The van der Waals surface area contributed by atoms with E-state index < -0.39 is 0 Å². The first-order valence-electron chi connectivity index (χ1n) is 4.85. The van der Waals surface area contributed by atoms with Gasteiger partial charge in [-0.2, -0.15) is 0 Å². The summed E-state index contributed by atoms with van der Waals surface area (Å²) in [5.41, 5.74) is 2.58. The van der Waals surface area contributed by atoms with Gasteiger partial charge in [0.2, 0.25) is 0 Å². The van der Waals surface area contributed by atoms with E-state index in [1.165, 1.54) is 11.1 Å². The Bertz CT molecular complexity index is 205. The maximum Gasteiger partial charge on any atom is 0.142 e. The number of allylic oxidation sites excluding steroid dienone is 4. The molecule has 0 spiro atoms. The van der Waals surface area contributed by atoms with Crippen LogP contribution >= 0.6 is 0 Å². The van der Waals surface area contributed by atoms with Gasteiger partial charge in [-0.25, -0.2) is 0 Å². The summed E-state index contributed by atoms with van der Waals surface area (Å²) in [5.74, 6) is 0.482. The van der Waals surface area contributed by atoms with Crippen LogP contribution in [0, 0.1) is 5.92 Å². The molecule has 0 aromatic rings. The quantitative estimate of drug-likeness (QED) is 0.359. The molecule has 0 aromatic carbocycles. The van der Waals surface area contributed by atoms with E-state index in [9.17, 15) is 4.79 Å². The van der Waals surface area contributed by atoms with Crippen molar-refractivity contribution in [1.82, 2.24) is 0 Å². The second-order valence-corrected chi connectivity index (χ2v) is 3.85. The largest absolute Gasteiger partial charge is 0.299 e. The average molecular weight is 180 g/mol. The minimum Gasteiger partial charge on any atom is -0.299 e. The van der Waals surface area contributed by atoms with Crippen molar-refractivity contribution in [3.8, 4) is 0 Å². The Morgan fingerprint density at radius 3 is 2.31 bits per heavy atom. The van der Waals surface area contributed by atoms with Gasteiger partial charge >= 0.3 is 0 Å². The first-order chi connectivity index (χ1) is 6.07. The van der Waals surface area contributed by atoms with Crippen LogP contribution in [0.3, 0.4) is 0 Å². The van der Waals surface area contributed by atoms with E-state index in [2.05, 4.69) is 33.8 Å². The first-order valence-corrected chi connectivity index (χ1v) is 4.85. The van der Waals surface area contributed by atoms with Gasteiger partial charge in [-0.15, -0.1) is 0 Å². The van der Waals surface area contributed by atoms with Crippen molar-refractivity contribution in [1.29, 1.82) is 0 Å². The Morgan fingerprint density at radius 1 is 1.31 bits per heavy atom. The standard InChI is InChI=1S/C12H20O/c1-10(2)6-5-7-12(8-9-13)11(3)4/h6,8-9,11H,5,7H2,1-4H3/b12-8+. The molecule has 0 bridgehead atoms. The van der Waals surface area contributed by atoms with Crippen LogP contribution in [0.1, 0.15) is 40.5 Å². The molecule has 0 aliphatic rings. The summed E-state index contributed by atoms with van der Waals surface area (Å²) in [4.78, 5) is 10.3. The van der Waals surface area contributed by atoms with Crippen LogP contribution < -0.4 is 0 Å². The fourth-order valence-corrected chi connectivity index (χ4v) is 1.18. The summed E-state index contributed by atoms with van der Waals surface area (Å²) >= 11 is 0. The Morgan fingerprint density at radius 2 is 1.92 bits per heavy atom. The fourth-order valence-electron chi connectivity index (χ4n) is 1.18. The summed E-state index contributed by atoms with van der Waals surface area (Å²) < 4.78 is 0. The van der Waals surface area contributed by atoms with E-state index >= 15 is 0 Å². The van der Waals surface area contributed by atoms with Gasteiger partial charge in [-0.1, -0.05) is 31.1 Å². The molecule has 0 fully saturated rings. The van der Waals surface area contributed by atoms with E-state index in [-0.39, 0.29) is 0 Å². The van der Waals surface area contributed by atoms with Crippen LogP contribution in [0.4, 0.5) is 0 Å². The highest BCUT2D eigenvalue weighted by molar-refractivity contribution is 5.66. The molecule has 0 aliphatic carbocycles. The summed E-state index contributed by atoms with van der Waals surface area (Å²) in [6.07, 6.45) is 6.84. The topological polar surface area (TPSA) is 17.1 Å². The van der Waals surface area contributed by atoms with Gasteiger partial charge < -0.3 is 0 Å². The molecule has 0 aliphatic heterocycles. The van der Waals surface area contributed by atoms with Crippen LogP contribution in [-0.2, 0) is 4.79 Å². The predicted octanol–water partition coefficient (Wildman–Crippen LogP) is 3.51. The van der Waals surface area contributed by atoms with Gasteiger partial charge in [-0.05, 0) is 38.7 Å². The Labute approximate surface area is 81.5 Å². The Balaban J connectivity index is 4.06. The molecule has 74 valence electrons. The number of rotatable bonds is 5. The predicted molar refractivity (Wildman–Crippen MR) is 57.7 cm³/mol. The lowest BCUT2D eigenvalue weighted by Crippen LogP contribution is -1.94. The van der Waals surface area contributed by atoms with Gasteiger partial charge in [0, 0.05) is 0 Å². The highest BCUT2D eigenvalue weighted by Crippen LogP contribution is 2.15. The van der Waals surface area contributed by atoms with Crippen molar-refractivity contribution in [2.75, 3.05) is 0 Å². The second kappa shape index (κ2) is 6.64. The molecule has 0 N–H and O–H groups in total. The normalized spacial score (nSPS) is 11.6. The van der Waals surface area contributed by atoms with Gasteiger partial charge in [0.15, 0.2) is 0 Å². The SMILES string of the molecule is CC(C)=CCC/C(=C\C=O)C(C)C. The third-order valence-electron chi connectivity index (χ3n) is 2.01. The summed E-state index contributed by atoms with van der Waals surface area (Å²) in [7, 11) is 0. The first kappa shape index (κ1) is 12.2. The highest BCUT2D eigenvalue weighted by Gasteiger charge is 2.00. The van der Waals surface area contributed by atoms with Crippen molar-refractivity contribution < 1.29 is 4.79 Å². The van der Waals surface area contributed by atoms with Crippen molar-refractivity contribution in [2.24, 2.45) is 5.92 Å². The van der Waals surface area contributed by atoms with Crippen molar-refractivity contribution in [3.05, 3.63) is 23.3 Å². The minimum atomic E-state index is 0.482. The van der Waals surface area contributed by atoms with E-state index in [1.54, 1.807) is 6.08 Å². The van der Waals surface area contributed by atoms with Crippen LogP contribution in [0.15, 0.2) is 23.3 Å². The molecule has 0 unspecified atom stereocenters. The smallest absolute Gasteiger partial charge is 0.142 e. The molecule has 1 heteroatoms. The maximum atomic E-state index is 10.3. The fraction of sp³-hybridized carbons (Fsp3) is 0.583. The molecule has 0 saturated carbocycles.